The molecule has 0 aliphatic rings. The molecule has 4 nitrogen and oxygen atoms in total. The second-order valence-electron chi connectivity index (χ2n) is 2.73. The first-order chi connectivity index (χ1) is 7.71. The normalized spacial score (nSPS) is 8.12. The molecular weight excluding hydrogens is 268 g/mol. The van der Waals surface area contributed by atoms with Crippen LogP contribution in [0.15, 0.2) is 34.4 Å². The Kier molecular flexibility index (Phi) is 4.09. The van der Waals surface area contributed by atoms with E-state index in [1.807, 2.05) is 6.07 Å². The largest absolute Gasteiger partial charge is 0.359 e. The van der Waals surface area contributed by atoms with Gasteiger partial charge in [-0.3, -0.25) is 0 Å². The molecule has 1 aromatic carbocycles. The number of nitrogens with one attached hydrogen (secondary N) is 1. The van der Waals surface area contributed by atoms with Gasteiger partial charge in [-0.05, 0) is 18.2 Å². The molecule has 1 aromatic rings. The highest BCUT2D eigenvalue weighted by Crippen LogP contribution is 2.20. The van der Waals surface area contributed by atoms with Gasteiger partial charge in [-0.25, -0.2) is 0 Å². The second kappa shape index (κ2) is 5.56. The van der Waals surface area contributed by atoms with Gasteiger partial charge in [0.15, 0.2) is 0 Å². The molecule has 0 heterocycles. The van der Waals surface area contributed by atoms with Crippen molar-refractivity contribution in [2.75, 3.05) is 5.32 Å². The Hall–Kier alpha value is -2.29. The lowest BCUT2D eigenvalue weighted by molar-refractivity contribution is 1.43. The van der Waals surface area contributed by atoms with Crippen LogP contribution in [0.1, 0.15) is 5.56 Å². The smallest absolute Gasteiger partial charge is 0.145 e. The second-order valence-corrected chi connectivity index (χ2v) is 3.64. The van der Waals surface area contributed by atoms with Crippen LogP contribution in [0, 0.1) is 34.0 Å². The van der Waals surface area contributed by atoms with E-state index in [9.17, 15) is 0 Å². The number of allylic oxidation sites excluding steroid dienone is 1. The molecule has 0 bridgehead atoms. The first kappa shape index (κ1) is 11.8. The lowest BCUT2D eigenvalue weighted by Gasteiger charge is -2.03. The van der Waals surface area contributed by atoms with Crippen LogP contribution in [-0.2, 0) is 0 Å². The van der Waals surface area contributed by atoms with Gasteiger partial charge in [0.1, 0.15) is 23.8 Å². The Morgan fingerprint density at radius 1 is 1.25 bits per heavy atom. The fourth-order valence-electron chi connectivity index (χ4n) is 0.973. The third kappa shape index (κ3) is 2.85. The van der Waals surface area contributed by atoms with Crippen molar-refractivity contribution in [2.24, 2.45) is 0 Å². The number of nitrogens with zero attached hydrogens (tertiary/aromatic N) is 3. The van der Waals surface area contributed by atoms with Crippen molar-refractivity contribution >= 4 is 21.6 Å². The summed E-state index contributed by atoms with van der Waals surface area (Å²) in [4.78, 5) is 0. The van der Waals surface area contributed by atoms with E-state index < -0.39 is 0 Å². The number of rotatable bonds is 2. The molecule has 16 heavy (non-hydrogen) atoms. The van der Waals surface area contributed by atoms with Crippen LogP contribution in [0.25, 0.3) is 0 Å². The van der Waals surface area contributed by atoms with Gasteiger partial charge in [-0.1, -0.05) is 15.9 Å². The molecule has 0 saturated heterocycles. The van der Waals surface area contributed by atoms with Gasteiger partial charge in [0.05, 0.1) is 11.3 Å². The molecule has 0 aliphatic heterocycles. The summed E-state index contributed by atoms with van der Waals surface area (Å²) >= 11 is 3.27. The standard InChI is InChI=1S/C11H5BrN4/c12-10-2-1-9(6-15)11(3-10)16-7-8(4-13)5-14/h1-3,7,16H. The zero-order valence-electron chi connectivity index (χ0n) is 8.03. The summed E-state index contributed by atoms with van der Waals surface area (Å²) in [6.45, 7) is 0. The maximum Gasteiger partial charge on any atom is 0.145 e. The molecule has 1 rings (SSSR count). The Labute approximate surface area is 101 Å². The molecule has 0 unspecified atom stereocenters. The lowest BCUT2D eigenvalue weighted by atomic mass is 10.2. The van der Waals surface area contributed by atoms with Crippen LogP contribution in [0.3, 0.4) is 0 Å². The molecule has 5 heteroatoms. The third-order valence-corrected chi connectivity index (χ3v) is 2.21. The van der Waals surface area contributed by atoms with Crippen molar-refractivity contribution in [2.45, 2.75) is 0 Å². The monoisotopic (exact) mass is 272 g/mol. The van der Waals surface area contributed by atoms with Gasteiger partial charge in [0.25, 0.3) is 0 Å². The maximum atomic E-state index is 8.83. The minimum atomic E-state index is -0.0520. The highest BCUT2D eigenvalue weighted by Gasteiger charge is 2.01. The Morgan fingerprint density at radius 2 is 1.94 bits per heavy atom. The molecule has 0 saturated carbocycles. The molecule has 0 fully saturated rings. The minimum absolute atomic E-state index is 0.0520. The van der Waals surface area contributed by atoms with Crippen LogP contribution in [0.5, 0.6) is 0 Å². The van der Waals surface area contributed by atoms with E-state index >= 15 is 0 Å². The van der Waals surface area contributed by atoms with Crippen molar-refractivity contribution in [1.82, 2.24) is 0 Å². The predicted octanol–water partition coefficient (Wildman–Crippen LogP) is 2.66. The molecule has 0 amide bonds. The number of hydrogen-bond acceptors (Lipinski definition) is 4. The summed E-state index contributed by atoms with van der Waals surface area (Å²) in [6, 6.07) is 10.5. The van der Waals surface area contributed by atoms with Crippen molar-refractivity contribution in [3.8, 4) is 18.2 Å². The van der Waals surface area contributed by atoms with Crippen LogP contribution < -0.4 is 5.32 Å². The minimum Gasteiger partial charge on any atom is -0.359 e. The Morgan fingerprint density at radius 3 is 2.50 bits per heavy atom. The van der Waals surface area contributed by atoms with Crippen molar-refractivity contribution in [1.29, 1.82) is 15.8 Å². The highest BCUT2D eigenvalue weighted by atomic mass is 79.9. The summed E-state index contributed by atoms with van der Waals surface area (Å²) in [5.74, 6) is 0. The quantitative estimate of drug-likeness (QED) is 0.839. The van der Waals surface area contributed by atoms with E-state index in [0.29, 0.717) is 11.3 Å². The first-order valence-electron chi connectivity index (χ1n) is 4.18. The predicted molar refractivity (Wildman–Crippen MR) is 61.8 cm³/mol. The summed E-state index contributed by atoms with van der Waals surface area (Å²) in [6.07, 6.45) is 1.27. The fourth-order valence-corrected chi connectivity index (χ4v) is 1.33. The Bertz CT molecular complexity index is 539. The summed E-state index contributed by atoms with van der Waals surface area (Å²) in [5.41, 5.74) is 0.929. The zero-order valence-corrected chi connectivity index (χ0v) is 9.62. The van der Waals surface area contributed by atoms with Crippen molar-refractivity contribution in [3.05, 3.63) is 40.0 Å². The van der Waals surface area contributed by atoms with Crippen LogP contribution >= 0.6 is 15.9 Å². The van der Waals surface area contributed by atoms with E-state index in [2.05, 4.69) is 21.2 Å². The first-order valence-corrected chi connectivity index (χ1v) is 4.97. The lowest BCUT2D eigenvalue weighted by Crippen LogP contribution is -1.93. The topological polar surface area (TPSA) is 83.4 Å². The number of nitriles is 3. The number of benzene rings is 1. The zero-order chi connectivity index (χ0) is 12.0. The van der Waals surface area contributed by atoms with Gasteiger partial charge >= 0.3 is 0 Å². The van der Waals surface area contributed by atoms with Crippen LogP contribution in [0.2, 0.25) is 0 Å². The number of halogens is 1. The van der Waals surface area contributed by atoms with Gasteiger partial charge in [0.2, 0.25) is 0 Å². The molecular formula is C11H5BrN4. The van der Waals surface area contributed by atoms with Gasteiger partial charge in [-0.15, -0.1) is 0 Å². The molecule has 0 radical (unpaired) electrons. The van der Waals surface area contributed by atoms with Crippen LogP contribution in [0.4, 0.5) is 5.69 Å². The van der Waals surface area contributed by atoms with E-state index in [-0.39, 0.29) is 5.57 Å². The average Bonchev–Trinajstić information content (AvgIpc) is 2.30. The van der Waals surface area contributed by atoms with Gasteiger partial charge < -0.3 is 5.32 Å². The van der Waals surface area contributed by atoms with E-state index in [1.54, 1.807) is 30.3 Å². The molecule has 0 aromatic heterocycles. The van der Waals surface area contributed by atoms with Crippen molar-refractivity contribution in [3.63, 3.8) is 0 Å². The summed E-state index contributed by atoms with van der Waals surface area (Å²) in [7, 11) is 0. The van der Waals surface area contributed by atoms with Gasteiger partial charge in [-0.2, -0.15) is 15.8 Å². The van der Waals surface area contributed by atoms with Gasteiger partial charge in [0, 0.05) is 10.7 Å². The van der Waals surface area contributed by atoms with E-state index in [1.165, 1.54) is 6.20 Å². The average molecular weight is 273 g/mol. The molecule has 0 aliphatic carbocycles. The molecule has 1 N–H and O–H groups in total. The van der Waals surface area contributed by atoms with E-state index in [0.717, 1.165) is 4.47 Å². The van der Waals surface area contributed by atoms with Crippen molar-refractivity contribution < 1.29 is 0 Å². The fraction of sp³-hybridized carbons (Fsp3) is 0. The highest BCUT2D eigenvalue weighted by molar-refractivity contribution is 9.10. The third-order valence-electron chi connectivity index (χ3n) is 1.71. The van der Waals surface area contributed by atoms with Crippen LogP contribution in [-0.4, -0.2) is 0 Å². The molecule has 76 valence electrons. The molecule has 0 atom stereocenters. The number of anilines is 1. The summed E-state index contributed by atoms with van der Waals surface area (Å²) < 4.78 is 0.804. The molecule has 0 spiro atoms. The van der Waals surface area contributed by atoms with E-state index in [4.69, 9.17) is 15.8 Å². The maximum absolute atomic E-state index is 8.83. The Balaban J connectivity index is 3.04. The summed E-state index contributed by atoms with van der Waals surface area (Å²) in [5, 5.41) is 28.6. The number of hydrogen-bond donors (Lipinski definition) is 1. The SMILES string of the molecule is N#CC(C#N)=CNc1cc(Br)ccc1C#N.